The summed E-state index contributed by atoms with van der Waals surface area (Å²) in [4.78, 5) is 40.3. The van der Waals surface area contributed by atoms with Gasteiger partial charge >= 0.3 is 0 Å². The van der Waals surface area contributed by atoms with Crippen LogP contribution in [0, 0.1) is 22.6 Å². The summed E-state index contributed by atoms with van der Waals surface area (Å²) in [6, 6.07) is 14.4. The third kappa shape index (κ3) is 5.14. The van der Waals surface area contributed by atoms with Crippen LogP contribution in [0.4, 0.5) is 10.1 Å². The van der Waals surface area contributed by atoms with Crippen LogP contribution in [0.25, 0.3) is 0 Å². The zero-order chi connectivity index (χ0) is 31.3. The maximum absolute atomic E-state index is 16.0. The van der Waals surface area contributed by atoms with Crippen molar-refractivity contribution in [3.8, 4) is 11.8 Å². The van der Waals surface area contributed by atoms with E-state index in [4.69, 9.17) is 33.7 Å². The van der Waals surface area contributed by atoms with Crippen molar-refractivity contribution in [1.82, 2.24) is 5.32 Å². The van der Waals surface area contributed by atoms with E-state index >= 15 is 4.39 Å². The number of carbonyl (C=O) groups is 3. The Bertz CT molecular complexity index is 1710. The number of anilines is 1. The molecule has 5 rings (SSSR count). The summed E-state index contributed by atoms with van der Waals surface area (Å²) < 4.78 is 21.4. The number of methoxy groups -OCH3 is 1. The Hall–Kier alpha value is -3.97. The van der Waals surface area contributed by atoms with E-state index in [1.54, 1.807) is 44.2 Å². The fraction of sp³-hybridized carbons (Fsp3) is 0.312. The maximum Gasteiger partial charge on any atom is 0.248 e. The molecule has 4 N–H and O–H groups in total. The SMILES string of the molecule is COc1cc(C(N)=O)ccc1CC(=O)[C@@H]1N[C@@H](CC(C)(C)C#N)[C@@]2(C(=O)Nc3cc(Cl)ccc32)[C@H]1c1cccc(Cl)c1F. The topological polar surface area (TPSA) is 134 Å². The van der Waals surface area contributed by atoms with Gasteiger partial charge in [0.15, 0.2) is 5.78 Å². The van der Waals surface area contributed by atoms with Crippen LogP contribution in [-0.2, 0) is 21.4 Å². The Morgan fingerprint density at radius 3 is 2.58 bits per heavy atom. The van der Waals surface area contributed by atoms with Crippen LogP contribution in [-0.4, -0.2) is 36.8 Å². The molecule has 8 nitrogen and oxygen atoms in total. The van der Waals surface area contributed by atoms with Gasteiger partial charge in [-0.2, -0.15) is 5.26 Å². The van der Waals surface area contributed by atoms with Crippen molar-refractivity contribution in [2.45, 2.75) is 50.1 Å². The van der Waals surface area contributed by atoms with Gasteiger partial charge in [0, 0.05) is 40.2 Å². The van der Waals surface area contributed by atoms with E-state index in [2.05, 4.69) is 16.7 Å². The van der Waals surface area contributed by atoms with Crippen LogP contribution in [0.5, 0.6) is 5.75 Å². The van der Waals surface area contributed by atoms with Crippen LogP contribution in [0.15, 0.2) is 54.6 Å². The second-order valence-electron chi connectivity index (χ2n) is 11.6. The standard InChI is InChI=1S/C32H29Cl2FN4O4/c1-31(2,15-36)14-25-32(20-10-9-18(33)13-22(20)38-30(32)42)26(19-5-4-6-21(34)27(19)35)28(39-25)23(40)11-16-7-8-17(29(37)41)12-24(16)43-3/h4-10,12-13,25-26,28,39H,11,14H2,1-3H3,(H2,37,41)(H,38,42)/t25-,26-,28-,32+/m0/s1. The van der Waals surface area contributed by atoms with E-state index in [-0.39, 0.29) is 40.5 Å². The van der Waals surface area contributed by atoms with Gasteiger partial charge in [-0.3, -0.25) is 14.4 Å². The molecule has 2 aliphatic heterocycles. The number of primary amides is 1. The molecule has 0 aliphatic carbocycles. The Labute approximate surface area is 258 Å². The second kappa shape index (κ2) is 11.3. The summed E-state index contributed by atoms with van der Waals surface area (Å²) in [5.41, 5.74) is 4.76. The van der Waals surface area contributed by atoms with Crippen LogP contribution in [0.3, 0.4) is 0 Å². The lowest BCUT2D eigenvalue weighted by Crippen LogP contribution is -2.50. The first-order valence-electron chi connectivity index (χ1n) is 13.6. The Morgan fingerprint density at radius 2 is 1.91 bits per heavy atom. The molecule has 222 valence electrons. The van der Waals surface area contributed by atoms with Crippen molar-refractivity contribution in [2.24, 2.45) is 11.1 Å². The number of nitrogens with zero attached hydrogens (tertiary/aromatic N) is 1. The van der Waals surface area contributed by atoms with Crippen molar-refractivity contribution in [3.63, 3.8) is 0 Å². The normalized spacial score (nSPS) is 22.6. The molecule has 0 bridgehead atoms. The number of amides is 2. The average molecular weight is 624 g/mol. The predicted molar refractivity (Wildman–Crippen MR) is 161 cm³/mol. The van der Waals surface area contributed by atoms with Crippen LogP contribution in [0.2, 0.25) is 10.0 Å². The molecule has 0 unspecified atom stereocenters. The Balaban J connectivity index is 1.71. The van der Waals surface area contributed by atoms with E-state index < -0.39 is 46.5 Å². The summed E-state index contributed by atoms with van der Waals surface area (Å²) in [6.45, 7) is 3.49. The molecular weight excluding hydrogens is 594 g/mol. The number of ether oxygens (including phenoxy) is 1. The van der Waals surface area contributed by atoms with E-state index in [1.165, 1.54) is 31.4 Å². The quantitative estimate of drug-likeness (QED) is 0.312. The van der Waals surface area contributed by atoms with Gasteiger partial charge in [-0.1, -0.05) is 47.5 Å². The summed E-state index contributed by atoms with van der Waals surface area (Å²) in [6.07, 6.45) is -0.00379. The minimum Gasteiger partial charge on any atom is -0.496 e. The number of Topliss-reactive ketones (excluding diaryl/α,β-unsaturated/α-hetero) is 1. The third-order valence-electron chi connectivity index (χ3n) is 8.42. The van der Waals surface area contributed by atoms with Gasteiger partial charge in [-0.15, -0.1) is 0 Å². The molecule has 2 heterocycles. The van der Waals surface area contributed by atoms with Crippen LogP contribution >= 0.6 is 23.2 Å². The highest BCUT2D eigenvalue weighted by atomic mass is 35.5. The molecule has 1 fully saturated rings. The zero-order valence-corrected chi connectivity index (χ0v) is 25.1. The number of hydrogen-bond donors (Lipinski definition) is 3. The summed E-state index contributed by atoms with van der Waals surface area (Å²) in [5, 5.41) is 16.5. The number of rotatable bonds is 8. The first kappa shape index (κ1) is 30.5. The number of hydrogen-bond acceptors (Lipinski definition) is 6. The number of ketones is 1. The van der Waals surface area contributed by atoms with Crippen molar-refractivity contribution in [2.75, 3.05) is 12.4 Å². The maximum atomic E-state index is 16.0. The van der Waals surface area contributed by atoms with Crippen LogP contribution in [0.1, 0.15) is 53.2 Å². The summed E-state index contributed by atoms with van der Waals surface area (Å²) >= 11 is 12.5. The van der Waals surface area contributed by atoms with Crippen molar-refractivity contribution < 1.29 is 23.5 Å². The first-order chi connectivity index (χ1) is 20.3. The molecular formula is C32H29Cl2FN4O4. The number of carbonyl (C=O) groups excluding carboxylic acids is 3. The van der Waals surface area contributed by atoms with E-state index in [0.717, 1.165) is 0 Å². The fourth-order valence-corrected chi connectivity index (χ4v) is 6.84. The molecule has 1 spiro atoms. The van der Waals surface area contributed by atoms with Crippen molar-refractivity contribution in [1.29, 1.82) is 5.26 Å². The number of nitrogens with two attached hydrogens (primary N) is 1. The number of nitriles is 1. The molecule has 0 saturated carbocycles. The summed E-state index contributed by atoms with van der Waals surface area (Å²) in [5.74, 6) is -2.98. The predicted octanol–water partition coefficient (Wildman–Crippen LogP) is 5.31. The Morgan fingerprint density at radius 1 is 1.16 bits per heavy atom. The van der Waals surface area contributed by atoms with Gasteiger partial charge < -0.3 is 21.1 Å². The zero-order valence-electron chi connectivity index (χ0n) is 23.6. The average Bonchev–Trinajstić information content (AvgIpc) is 3.44. The third-order valence-corrected chi connectivity index (χ3v) is 8.95. The molecule has 11 heteroatoms. The Kier molecular flexibility index (Phi) is 7.99. The van der Waals surface area contributed by atoms with E-state index in [0.29, 0.717) is 21.8 Å². The smallest absolute Gasteiger partial charge is 0.248 e. The molecule has 0 aromatic heterocycles. The first-order valence-corrected chi connectivity index (χ1v) is 14.3. The molecule has 2 aliphatic rings. The molecule has 43 heavy (non-hydrogen) atoms. The second-order valence-corrected chi connectivity index (χ2v) is 12.4. The molecule has 3 aromatic rings. The number of fused-ring (bicyclic) bond motifs is 2. The van der Waals surface area contributed by atoms with E-state index in [1.807, 2.05) is 0 Å². The molecule has 3 aromatic carbocycles. The largest absolute Gasteiger partial charge is 0.496 e. The monoisotopic (exact) mass is 622 g/mol. The highest BCUT2D eigenvalue weighted by molar-refractivity contribution is 6.31. The minimum atomic E-state index is -1.50. The van der Waals surface area contributed by atoms with E-state index in [9.17, 15) is 19.6 Å². The van der Waals surface area contributed by atoms with Gasteiger partial charge in [-0.05, 0) is 61.7 Å². The number of benzene rings is 3. The van der Waals surface area contributed by atoms with Crippen molar-refractivity contribution in [3.05, 3.63) is 92.7 Å². The highest BCUT2D eigenvalue weighted by Gasteiger charge is 2.66. The van der Waals surface area contributed by atoms with Gasteiger partial charge in [0.2, 0.25) is 11.8 Å². The molecule has 4 atom stereocenters. The molecule has 1 saturated heterocycles. The number of halogens is 3. The van der Waals surface area contributed by atoms with Gasteiger partial charge in [0.05, 0.1) is 29.7 Å². The van der Waals surface area contributed by atoms with Crippen molar-refractivity contribution >= 4 is 46.5 Å². The molecule has 0 radical (unpaired) electrons. The van der Waals surface area contributed by atoms with Gasteiger partial charge in [0.25, 0.3) is 0 Å². The molecule has 2 amide bonds. The van der Waals surface area contributed by atoms with Gasteiger partial charge in [0.1, 0.15) is 17.0 Å². The number of nitrogens with one attached hydrogen (secondary N) is 2. The minimum absolute atomic E-state index is 0.0876. The van der Waals surface area contributed by atoms with Gasteiger partial charge in [-0.25, -0.2) is 4.39 Å². The lowest BCUT2D eigenvalue weighted by Gasteiger charge is -2.37. The lowest BCUT2D eigenvalue weighted by atomic mass is 9.62. The fourth-order valence-electron chi connectivity index (χ4n) is 6.49. The lowest BCUT2D eigenvalue weighted by molar-refractivity contribution is -0.122. The highest BCUT2D eigenvalue weighted by Crippen LogP contribution is 2.57. The summed E-state index contributed by atoms with van der Waals surface area (Å²) in [7, 11) is 1.41. The van der Waals surface area contributed by atoms with Crippen LogP contribution < -0.4 is 21.1 Å².